The third kappa shape index (κ3) is 3.31. The number of aromatic nitrogens is 2. The van der Waals surface area contributed by atoms with Gasteiger partial charge in [-0.2, -0.15) is 5.10 Å². The Morgan fingerprint density at radius 3 is 2.50 bits per heavy atom. The first-order valence-electron chi connectivity index (χ1n) is 5.77. The number of amides is 1. The molecule has 0 aliphatic rings. The fourth-order valence-corrected chi connectivity index (χ4v) is 1.70. The van der Waals surface area contributed by atoms with Gasteiger partial charge in [-0.15, -0.1) is 0 Å². The summed E-state index contributed by atoms with van der Waals surface area (Å²) in [6.07, 6.45) is 0. The lowest BCUT2D eigenvalue weighted by atomic mass is 10.3. The van der Waals surface area contributed by atoms with Gasteiger partial charge in [-0.25, -0.2) is 0 Å². The fourth-order valence-electron chi connectivity index (χ4n) is 1.70. The average Bonchev–Trinajstić information content (AvgIpc) is 2.63. The Bertz CT molecular complexity index is 551. The number of carbonyl (C=O) groups excluding carboxylic acids is 2. The van der Waals surface area contributed by atoms with Gasteiger partial charge in [-0.1, -0.05) is 0 Å². The lowest BCUT2D eigenvalue weighted by Crippen LogP contribution is -2.35. The van der Waals surface area contributed by atoms with Crippen LogP contribution >= 0.6 is 0 Å². The van der Waals surface area contributed by atoms with E-state index in [0.29, 0.717) is 5.69 Å². The molecule has 0 aromatic carbocycles. The minimum atomic E-state index is -0.541. The van der Waals surface area contributed by atoms with Crippen molar-refractivity contribution in [2.24, 2.45) is 0 Å². The molecule has 0 spiro atoms. The average molecular weight is 284 g/mol. The summed E-state index contributed by atoms with van der Waals surface area (Å²) in [4.78, 5) is 34.5. The molecule has 0 unspecified atom stereocenters. The van der Waals surface area contributed by atoms with Crippen molar-refractivity contribution in [3.63, 3.8) is 0 Å². The number of likely N-dealkylation sites (N-methyl/N-ethyl adjacent to an activating group) is 1. The van der Waals surface area contributed by atoms with Gasteiger partial charge in [0.1, 0.15) is 24.5 Å². The Hall–Kier alpha value is -2.45. The van der Waals surface area contributed by atoms with Crippen LogP contribution in [0.1, 0.15) is 11.4 Å². The van der Waals surface area contributed by atoms with Gasteiger partial charge in [0.2, 0.25) is 5.91 Å². The van der Waals surface area contributed by atoms with Crippen LogP contribution in [0.4, 0.5) is 5.69 Å². The molecule has 0 N–H and O–H groups in total. The number of aryl methyl sites for hydroxylation is 1. The van der Waals surface area contributed by atoms with Crippen molar-refractivity contribution in [2.45, 2.75) is 20.4 Å². The van der Waals surface area contributed by atoms with E-state index in [9.17, 15) is 19.7 Å². The van der Waals surface area contributed by atoms with E-state index in [1.165, 1.54) is 37.6 Å². The first-order chi connectivity index (χ1) is 9.27. The lowest BCUT2D eigenvalue weighted by molar-refractivity contribution is -0.386. The van der Waals surface area contributed by atoms with E-state index in [1.807, 2.05) is 0 Å². The van der Waals surface area contributed by atoms with Crippen LogP contribution < -0.4 is 0 Å². The predicted octanol–water partition coefficient (Wildman–Crippen LogP) is 0.0395. The summed E-state index contributed by atoms with van der Waals surface area (Å²) in [5, 5.41) is 14.8. The quantitative estimate of drug-likeness (QED) is 0.429. The highest BCUT2D eigenvalue weighted by Crippen LogP contribution is 2.21. The minimum absolute atomic E-state index is 0.103. The Kier molecular flexibility index (Phi) is 4.78. The van der Waals surface area contributed by atoms with Gasteiger partial charge < -0.3 is 9.64 Å². The van der Waals surface area contributed by atoms with Gasteiger partial charge in [0.15, 0.2) is 0 Å². The molecule has 0 fully saturated rings. The molecule has 1 rings (SSSR count). The topological polar surface area (TPSA) is 108 Å². The van der Waals surface area contributed by atoms with Crippen LogP contribution in [0.15, 0.2) is 0 Å². The molecule has 1 aromatic rings. The molecule has 1 amide bonds. The Morgan fingerprint density at radius 2 is 2.05 bits per heavy atom. The summed E-state index contributed by atoms with van der Waals surface area (Å²) in [5.41, 5.74) is 0.441. The molecule has 0 atom stereocenters. The molecule has 9 heteroatoms. The minimum Gasteiger partial charge on any atom is -0.468 e. The van der Waals surface area contributed by atoms with Crippen LogP contribution in [0, 0.1) is 24.0 Å². The SMILES string of the molecule is COC(=O)CN(C)C(=O)Cn1nc(C)c([N+](=O)[O-])c1C. The smallest absolute Gasteiger partial charge is 0.325 e. The molecule has 0 aliphatic carbocycles. The van der Waals surface area contributed by atoms with Crippen molar-refractivity contribution in [3.05, 3.63) is 21.5 Å². The van der Waals surface area contributed by atoms with Crippen LogP contribution in [0.5, 0.6) is 0 Å². The summed E-state index contributed by atoms with van der Waals surface area (Å²) < 4.78 is 5.71. The fraction of sp³-hybridized carbons (Fsp3) is 0.545. The van der Waals surface area contributed by atoms with Crippen LogP contribution in [0.3, 0.4) is 0 Å². The molecule has 0 radical (unpaired) electrons. The number of carbonyl (C=O) groups is 2. The number of nitrogens with zero attached hydrogens (tertiary/aromatic N) is 4. The monoisotopic (exact) mass is 284 g/mol. The largest absolute Gasteiger partial charge is 0.468 e. The summed E-state index contributed by atoms with van der Waals surface area (Å²) >= 11 is 0. The van der Waals surface area contributed by atoms with Crippen LogP contribution in [-0.2, 0) is 20.9 Å². The first kappa shape index (κ1) is 15.6. The molecule has 1 heterocycles. The Labute approximate surface area is 115 Å². The molecular formula is C11H16N4O5. The van der Waals surface area contributed by atoms with Crippen molar-refractivity contribution in [3.8, 4) is 0 Å². The number of rotatable bonds is 5. The third-order valence-corrected chi connectivity index (χ3v) is 2.83. The third-order valence-electron chi connectivity index (χ3n) is 2.83. The zero-order valence-corrected chi connectivity index (χ0v) is 11.7. The molecule has 110 valence electrons. The van der Waals surface area contributed by atoms with E-state index in [0.717, 1.165) is 0 Å². The first-order valence-corrected chi connectivity index (χ1v) is 5.77. The second-order valence-electron chi connectivity index (χ2n) is 4.26. The Morgan fingerprint density at radius 1 is 1.45 bits per heavy atom. The normalized spacial score (nSPS) is 10.2. The van der Waals surface area contributed by atoms with Crippen molar-refractivity contribution in [1.82, 2.24) is 14.7 Å². The highest BCUT2D eigenvalue weighted by atomic mass is 16.6. The number of hydrogen-bond donors (Lipinski definition) is 0. The van der Waals surface area contributed by atoms with E-state index < -0.39 is 16.8 Å². The summed E-state index contributed by atoms with van der Waals surface area (Å²) in [7, 11) is 2.67. The van der Waals surface area contributed by atoms with E-state index in [-0.39, 0.29) is 24.5 Å². The molecule has 0 bridgehead atoms. The zero-order chi connectivity index (χ0) is 15.4. The summed E-state index contributed by atoms with van der Waals surface area (Å²) in [6.45, 7) is 2.67. The zero-order valence-electron chi connectivity index (χ0n) is 11.7. The second-order valence-corrected chi connectivity index (χ2v) is 4.26. The van der Waals surface area contributed by atoms with E-state index >= 15 is 0 Å². The van der Waals surface area contributed by atoms with Crippen molar-refractivity contribution in [1.29, 1.82) is 0 Å². The number of hydrogen-bond acceptors (Lipinski definition) is 6. The second kappa shape index (κ2) is 6.13. The van der Waals surface area contributed by atoms with E-state index in [4.69, 9.17) is 0 Å². The van der Waals surface area contributed by atoms with Gasteiger partial charge in [0, 0.05) is 7.05 Å². The maximum Gasteiger partial charge on any atom is 0.325 e. The number of nitro groups is 1. The maximum atomic E-state index is 11.9. The summed E-state index contributed by atoms with van der Waals surface area (Å²) in [5.74, 6) is -0.934. The number of methoxy groups -OCH3 is 1. The lowest BCUT2D eigenvalue weighted by Gasteiger charge is -2.15. The molecule has 0 saturated heterocycles. The van der Waals surface area contributed by atoms with E-state index in [1.54, 1.807) is 0 Å². The van der Waals surface area contributed by atoms with Gasteiger partial charge in [0.05, 0.1) is 12.0 Å². The van der Waals surface area contributed by atoms with Crippen molar-refractivity contribution >= 4 is 17.6 Å². The van der Waals surface area contributed by atoms with Crippen LogP contribution in [-0.4, -0.2) is 52.2 Å². The highest BCUT2D eigenvalue weighted by Gasteiger charge is 2.23. The van der Waals surface area contributed by atoms with E-state index in [2.05, 4.69) is 9.84 Å². The maximum absolute atomic E-state index is 11.9. The predicted molar refractivity (Wildman–Crippen MR) is 68.0 cm³/mol. The highest BCUT2D eigenvalue weighted by molar-refractivity contribution is 5.81. The molecule has 0 aliphatic heterocycles. The standard InChI is InChI=1S/C11H16N4O5/c1-7-11(15(18)19)8(2)14(12-7)5-9(16)13(3)6-10(17)20-4/h5-6H2,1-4H3. The molecular weight excluding hydrogens is 268 g/mol. The van der Waals surface area contributed by atoms with Gasteiger partial charge in [0.25, 0.3) is 0 Å². The van der Waals surface area contributed by atoms with Crippen LogP contribution in [0.25, 0.3) is 0 Å². The van der Waals surface area contributed by atoms with Crippen molar-refractivity contribution in [2.75, 3.05) is 20.7 Å². The molecule has 0 saturated carbocycles. The number of esters is 1. The van der Waals surface area contributed by atoms with Crippen molar-refractivity contribution < 1.29 is 19.2 Å². The number of ether oxygens (including phenoxy) is 1. The molecule has 9 nitrogen and oxygen atoms in total. The Balaban J connectivity index is 2.84. The van der Waals surface area contributed by atoms with Gasteiger partial charge in [-0.3, -0.25) is 24.4 Å². The molecule has 1 aromatic heterocycles. The molecule has 20 heavy (non-hydrogen) atoms. The van der Waals surface area contributed by atoms with Gasteiger partial charge in [-0.05, 0) is 13.8 Å². The van der Waals surface area contributed by atoms with Crippen LogP contribution in [0.2, 0.25) is 0 Å². The summed E-state index contributed by atoms with van der Waals surface area (Å²) in [6, 6.07) is 0. The van der Waals surface area contributed by atoms with Gasteiger partial charge >= 0.3 is 11.7 Å².